The van der Waals surface area contributed by atoms with Gasteiger partial charge in [-0.15, -0.1) is 0 Å². The molecule has 0 aliphatic heterocycles. The van der Waals surface area contributed by atoms with Crippen LogP contribution >= 0.6 is 0 Å². The second kappa shape index (κ2) is 5.35. The zero-order chi connectivity index (χ0) is 12.1. The Balaban J connectivity index is 2.76. The minimum absolute atomic E-state index is 0.305. The Morgan fingerprint density at radius 2 is 1.75 bits per heavy atom. The molecule has 0 aliphatic rings. The number of rotatable bonds is 4. The highest BCUT2D eigenvalue weighted by Crippen LogP contribution is 2.20. The van der Waals surface area contributed by atoms with Crippen molar-refractivity contribution in [3.05, 3.63) is 35.4 Å². The zero-order valence-electron chi connectivity index (χ0n) is 9.78. The third kappa shape index (κ3) is 3.42. The van der Waals surface area contributed by atoms with Crippen molar-refractivity contribution in [1.29, 1.82) is 0 Å². The van der Waals surface area contributed by atoms with E-state index in [1.54, 1.807) is 12.1 Å². The van der Waals surface area contributed by atoms with Crippen LogP contribution in [0, 0.1) is 0 Å². The third-order valence-electron chi connectivity index (χ3n) is 2.40. The molecule has 3 heteroatoms. The smallest absolute Gasteiger partial charge is 0.341 e. The lowest BCUT2D eigenvalue weighted by molar-refractivity contribution is -0.139. The maximum absolute atomic E-state index is 10.3. The van der Waals surface area contributed by atoms with Gasteiger partial charge >= 0.3 is 5.97 Å². The number of carboxylic acids is 1. The molecule has 16 heavy (non-hydrogen) atoms. The van der Waals surface area contributed by atoms with Crippen LogP contribution < -0.4 is 4.74 Å². The first kappa shape index (κ1) is 12.3. The van der Waals surface area contributed by atoms with Gasteiger partial charge < -0.3 is 9.84 Å². The van der Waals surface area contributed by atoms with E-state index in [9.17, 15) is 4.79 Å². The van der Waals surface area contributed by atoms with Gasteiger partial charge in [-0.3, -0.25) is 0 Å². The van der Waals surface area contributed by atoms with E-state index in [1.807, 2.05) is 12.1 Å². The monoisotopic (exact) mass is 220 g/mol. The van der Waals surface area contributed by atoms with Crippen molar-refractivity contribution < 1.29 is 14.6 Å². The molecule has 1 aromatic rings. The number of aliphatic carboxylic acids is 1. The summed E-state index contributed by atoms with van der Waals surface area (Å²) in [6, 6.07) is 7.43. The molecule has 86 valence electrons. The molecule has 0 fully saturated rings. The zero-order valence-corrected chi connectivity index (χ0v) is 9.78. The predicted molar refractivity (Wildman–Crippen MR) is 63.5 cm³/mol. The standard InChI is InChI=1S/C13H16O3/c1-9(2)10(3)11-4-6-12(7-5-11)16-8-13(14)15/h4-7H,8H2,1-3H3,(H,14,15). The molecule has 0 radical (unpaired) electrons. The van der Waals surface area contributed by atoms with Gasteiger partial charge in [0.25, 0.3) is 0 Å². The fraction of sp³-hybridized carbons (Fsp3) is 0.308. The van der Waals surface area contributed by atoms with E-state index in [1.165, 1.54) is 11.1 Å². The lowest BCUT2D eigenvalue weighted by Crippen LogP contribution is -2.09. The number of allylic oxidation sites excluding steroid dienone is 2. The molecular formula is C13H16O3. The van der Waals surface area contributed by atoms with Crippen LogP contribution in [0.15, 0.2) is 29.8 Å². The minimum Gasteiger partial charge on any atom is -0.482 e. The topological polar surface area (TPSA) is 46.5 Å². The van der Waals surface area contributed by atoms with E-state index in [2.05, 4.69) is 20.8 Å². The first-order chi connectivity index (χ1) is 7.50. The van der Waals surface area contributed by atoms with Gasteiger partial charge in [0.1, 0.15) is 5.75 Å². The van der Waals surface area contributed by atoms with Crippen molar-refractivity contribution in [2.75, 3.05) is 6.61 Å². The molecule has 1 aromatic carbocycles. The Kier molecular flexibility index (Phi) is 4.11. The lowest BCUT2D eigenvalue weighted by atomic mass is 10.0. The summed E-state index contributed by atoms with van der Waals surface area (Å²) in [6.07, 6.45) is 0. The first-order valence-electron chi connectivity index (χ1n) is 5.10. The second-order valence-corrected chi connectivity index (χ2v) is 3.83. The van der Waals surface area contributed by atoms with Crippen LogP contribution in [0.1, 0.15) is 26.3 Å². The van der Waals surface area contributed by atoms with Gasteiger partial charge in [0.15, 0.2) is 6.61 Å². The summed E-state index contributed by atoms with van der Waals surface area (Å²) in [5.74, 6) is -0.391. The number of benzene rings is 1. The molecule has 0 amide bonds. The largest absolute Gasteiger partial charge is 0.482 e. The van der Waals surface area contributed by atoms with E-state index in [-0.39, 0.29) is 6.61 Å². The van der Waals surface area contributed by atoms with Crippen molar-refractivity contribution in [1.82, 2.24) is 0 Å². The molecular weight excluding hydrogens is 204 g/mol. The molecule has 0 heterocycles. The third-order valence-corrected chi connectivity index (χ3v) is 2.40. The highest BCUT2D eigenvalue weighted by Gasteiger charge is 2.01. The molecule has 0 bridgehead atoms. The van der Waals surface area contributed by atoms with Crippen molar-refractivity contribution in [3.8, 4) is 5.75 Å². The fourth-order valence-electron chi connectivity index (χ4n) is 1.23. The number of carbonyl (C=O) groups is 1. The quantitative estimate of drug-likeness (QED) is 0.848. The average molecular weight is 220 g/mol. The molecule has 0 spiro atoms. The molecule has 1 N–H and O–H groups in total. The molecule has 0 aromatic heterocycles. The van der Waals surface area contributed by atoms with Crippen molar-refractivity contribution >= 4 is 11.5 Å². The van der Waals surface area contributed by atoms with E-state index in [0.717, 1.165) is 5.56 Å². The second-order valence-electron chi connectivity index (χ2n) is 3.83. The van der Waals surface area contributed by atoms with Crippen molar-refractivity contribution in [2.45, 2.75) is 20.8 Å². The van der Waals surface area contributed by atoms with E-state index >= 15 is 0 Å². The maximum atomic E-state index is 10.3. The Labute approximate surface area is 95.4 Å². The van der Waals surface area contributed by atoms with Gasteiger partial charge in [-0.2, -0.15) is 0 Å². The Bertz CT molecular complexity index is 398. The SMILES string of the molecule is CC(C)=C(C)c1ccc(OCC(=O)O)cc1. The number of ether oxygens (including phenoxy) is 1. The highest BCUT2D eigenvalue weighted by atomic mass is 16.5. The summed E-state index contributed by atoms with van der Waals surface area (Å²) in [5, 5.41) is 8.46. The van der Waals surface area contributed by atoms with Gasteiger partial charge in [-0.1, -0.05) is 17.7 Å². The van der Waals surface area contributed by atoms with Crippen LogP contribution in [0.5, 0.6) is 5.75 Å². The van der Waals surface area contributed by atoms with Gasteiger partial charge in [-0.25, -0.2) is 4.79 Å². The molecule has 0 saturated heterocycles. The van der Waals surface area contributed by atoms with Crippen LogP contribution in [0.4, 0.5) is 0 Å². The Morgan fingerprint density at radius 1 is 1.19 bits per heavy atom. The van der Waals surface area contributed by atoms with Crippen LogP contribution in [0.25, 0.3) is 5.57 Å². The highest BCUT2D eigenvalue weighted by molar-refractivity contribution is 5.69. The van der Waals surface area contributed by atoms with Crippen LogP contribution in [0.3, 0.4) is 0 Å². The molecule has 0 saturated carbocycles. The summed E-state index contributed by atoms with van der Waals surface area (Å²) in [4.78, 5) is 10.3. The minimum atomic E-state index is -0.968. The normalized spacial score (nSPS) is 9.69. The van der Waals surface area contributed by atoms with Gasteiger partial charge in [0.2, 0.25) is 0 Å². The summed E-state index contributed by atoms with van der Waals surface area (Å²) in [5.41, 5.74) is 3.62. The van der Waals surface area contributed by atoms with E-state index in [4.69, 9.17) is 9.84 Å². The van der Waals surface area contributed by atoms with Gasteiger partial charge in [-0.05, 0) is 44.0 Å². The average Bonchev–Trinajstić information content (AvgIpc) is 2.26. The first-order valence-corrected chi connectivity index (χ1v) is 5.10. The van der Waals surface area contributed by atoms with Crippen LogP contribution in [0.2, 0.25) is 0 Å². The number of hydrogen-bond acceptors (Lipinski definition) is 2. The summed E-state index contributed by atoms with van der Waals surface area (Å²) < 4.78 is 5.05. The number of carboxylic acid groups (broad SMARTS) is 1. The molecule has 0 unspecified atom stereocenters. The van der Waals surface area contributed by atoms with Gasteiger partial charge in [0.05, 0.1) is 0 Å². The van der Waals surface area contributed by atoms with Gasteiger partial charge in [0, 0.05) is 0 Å². The summed E-state index contributed by atoms with van der Waals surface area (Å²) in [6.45, 7) is 5.87. The molecule has 3 nitrogen and oxygen atoms in total. The van der Waals surface area contributed by atoms with E-state index in [0.29, 0.717) is 5.75 Å². The van der Waals surface area contributed by atoms with Crippen LogP contribution in [-0.2, 0) is 4.79 Å². The molecule has 1 rings (SSSR count). The summed E-state index contributed by atoms with van der Waals surface area (Å²) in [7, 11) is 0. The molecule has 0 aliphatic carbocycles. The fourth-order valence-corrected chi connectivity index (χ4v) is 1.23. The van der Waals surface area contributed by atoms with Crippen molar-refractivity contribution in [2.24, 2.45) is 0 Å². The van der Waals surface area contributed by atoms with E-state index < -0.39 is 5.97 Å². The lowest BCUT2D eigenvalue weighted by Gasteiger charge is -2.06. The predicted octanol–water partition coefficient (Wildman–Crippen LogP) is 2.96. The summed E-state index contributed by atoms with van der Waals surface area (Å²) >= 11 is 0. The van der Waals surface area contributed by atoms with Crippen LogP contribution in [-0.4, -0.2) is 17.7 Å². The molecule has 0 atom stereocenters. The number of hydrogen-bond donors (Lipinski definition) is 1. The Hall–Kier alpha value is -1.77. The Morgan fingerprint density at radius 3 is 2.19 bits per heavy atom. The maximum Gasteiger partial charge on any atom is 0.341 e. The van der Waals surface area contributed by atoms with Crippen molar-refractivity contribution in [3.63, 3.8) is 0 Å².